The summed E-state index contributed by atoms with van der Waals surface area (Å²) in [5.41, 5.74) is 3.63. The van der Waals surface area contributed by atoms with Crippen LogP contribution < -0.4 is 5.32 Å². The van der Waals surface area contributed by atoms with E-state index in [4.69, 9.17) is 16.3 Å². The van der Waals surface area contributed by atoms with Crippen LogP contribution in [0.2, 0.25) is 5.02 Å². The molecule has 0 aliphatic carbocycles. The molecule has 1 aliphatic rings. The van der Waals surface area contributed by atoms with Gasteiger partial charge in [-0.05, 0) is 43.5 Å². The van der Waals surface area contributed by atoms with Crippen LogP contribution in [0.4, 0.5) is 0 Å². The number of rotatable bonds is 6. The molecule has 4 rings (SSSR count). The fourth-order valence-corrected chi connectivity index (χ4v) is 4.32. The Morgan fingerprint density at radius 2 is 1.61 bits per heavy atom. The summed E-state index contributed by atoms with van der Waals surface area (Å²) < 4.78 is 6.85. The summed E-state index contributed by atoms with van der Waals surface area (Å²) in [6.45, 7) is 3.80. The van der Waals surface area contributed by atoms with E-state index < -0.39 is 5.60 Å². The monoisotopic (exact) mass is 391 g/mol. The van der Waals surface area contributed by atoms with Gasteiger partial charge in [-0.25, -0.2) is 0 Å². The first kappa shape index (κ1) is 19.2. The van der Waals surface area contributed by atoms with Gasteiger partial charge in [0.05, 0.1) is 6.61 Å². The molecule has 0 bridgehead atoms. The molecule has 0 radical (unpaired) electrons. The minimum Gasteiger partial charge on any atom is -0.359 e. The Balaban J connectivity index is 1.90. The summed E-state index contributed by atoms with van der Waals surface area (Å²) >= 11 is 6.74. The lowest BCUT2D eigenvalue weighted by Gasteiger charge is -2.37. The molecular formula is C25H26ClNO. The first-order valence-corrected chi connectivity index (χ1v) is 10.3. The van der Waals surface area contributed by atoms with Gasteiger partial charge in [0.1, 0.15) is 5.60 Å². The Bertz CT molecular complexity index is 903. The number of aryl methyl sites for hydroxylation is 1. The number of hydrogen-bond donors (Lipinski definition) is 1. The van der Waals surface area contributed by atoms with Crippen molar-refractivity contribution in [2.24, 2.45) is 0 Å². The van der Waals surface area contributed by atoms with Crippen molar-refractivity contribution in [3.05, 3.63) is 106 Å². The Kier molecular flexibility index (Phi) is 5.82. The Morgan fingerprint density at radius 1 is 0.929 bits per heavy atom. The second-order valence-corrected chi connectivity index (χ2v) is 7.90. The fraction of sp³-hybridized carbons (Fsp3) is 0.280. The third kappa shape index (κ3) is 3.73. The SMILES string of the molecule is Cc1ccc(C(OC[C@@H]2CCCN2)(c2ccccc2)c2ccccc2Cl)cc1. The Hall–Kier alpha value is -2.13. The van der Waals surface area contributed by atoms with E-state index in [0.29, 0.717) is 17.7 Å². The molecule has 1 aliphatic heterocycles. The summed E-state index contributed by atoms with van der Waals surface area (Å²) in [6.07, 6.45) is 2.34. The van der Waals surface area contributed by atoms with Crippen LogP contribution in [0.5, 0.6) is 0 Å². The quantitative estimate of drug-likeness (QED) is 0.543. The number of halogens is 1. The van der Waals surface area contributed by atoms with Crippen molar-refractivity contribution in [1.82, 2.24) is 5.32 Å². The third-order valence-electron chi connectivity index (χ3n) is 5.55. The molecule has 1 heterocycles. The highest BCUT2D eigenvalue weighted by atomic mass is 35.5. The van der Waals surface area contributed by atoms with Gasteiger partial charge in [-0.3, -0.25) is 0 Å². The zero-order valence-electron chi connectivity index (χ0n) is 16.2. The largest absolute Gasteiger partial charge is 0.359 e. The van der Waals surface area contributed by atoms with Crippen molar-refractivity contribution in [2.75, 3.05) is 13.2 Å². The van der Waals surface area contributed by atoms with Crippen LogP contribution in [-0.4, -0.2) is 19.2 Å². The van der Waals surface area contributed by atoms with Crippen molar-refractivity contribution in [2.45, 2.75) is 31.4 Å². The van der Waals surface area contributed by atoms with E-state index in [1.54, 1.807) is 0 Å². The van der Waals surface area contributed by atoms with Crippen LogP contribution in [0, 0.1) is 6.92 Å². The van der Waals surface area contributed by atoms with Crippen molar-refractivity contribution in [3.63, 3.8) is 0 Å². The summed E-state index contributed by atoms with van der Waals surface area (Å²) in [7, 11) is 0. The average Bonchev–Trinajstić information content (AvgIpc) is 3.25. The number of ether oxygens (including phenoxy) is 1. The Morgan fingerprint density at radius 3 is 2.29 bits per heavy atom. The highest BCUT2D eigenvalue weighted by molar-refractivity contribution is 6.31. The van der Waals surface area contributed by atoms with E-state index >= 15 is 0 Å². The van der Waals surface area contributed by atoms with Crippen molar-refractivity contribution in [3.8, 4) is 0 Å². The Labute approximate surface area is 172 Å². The van der Waals surface area contributed by atoms with E-state index in [9.17, 15) is 0 Å². The van der Waals surface area contributed by atoms with Crippen LogP contribution in [0.3, 0.4) is 0 Å². The van der Waals surface area contributed by atoms with Crippen molar-refractivity contribution < 1.29 is 4.74 Å². The third-order valence-corrected chi connectivity index (χ3v) is 5.88. The summed E-state index contributed by atoms with van der Waals surface area (Å²) in [5, 5.41) is 4.26. The van der Waals surface area contributed by atoms with E-state index in [1.165, 1.54) is 12.0 Å². The van der Waals surface area contributed by atoms with Gasteiger partial charge in [-0.15, -0.1) is 0 Å². The maximum absolute atomic E-state index is 6.85. The molecule has 28 heavy (non-hydrogen) atoms. The van der Waals surface area contributed by atoms with Gasteiger partial charge in [-0.1, -0.05) is 90.0 Å². The average molecular weight is 392 g/mol. The van der Waals surface area contributed by atoms with E-state index in [2.05, 4.69) is 66.8 Å². The molecule has 3 aromatic carbocycles. The summed E-state index contributed by atoms with van der Waals surface area (Å²) in [5.74, 6) is 0. The smallest absolute Gasteiger partial charge is 0.145 e. The molecule has 3 heteroatoms. The molecular weight excluding hydrogens is 366 g/mol. The minimum atomic E-state index is -0.752. The number of benzene rings is 3. The zero-order valence-corrected chi connectivity index (χ0v) is 17.0. The molecule has 0 aromatic heterocycles. The number of hydrogen-bond acceptors (Lipinski definition) is 2. The second kappa shape index (κ2) is 8.48. The van der Waals surface area contributed by atoms with Crippen LogP contribution in [0.1, 0.15) is 35.1 Å². The predicted molar refractivity (Wildman–Crippen MR) is 116 cm³/mol. The predicted octanol–water partition coefficient (Wildman–Crippen LogP) is 5.71. The fourth-order valence-electron chi connectivity index (χ4n) is 4.05. The molecule has 3 aromatic rings. The van der Waals surface area contributed by atoms with Gasteiger partial charge in [0.2, 0.25) is 0 Å². The molecule has 0 amide bonds. The van der Waals surface area contributed by atoms with Gasteiger partial charge in [0.15, 0.2) is 0 Å². The molecule has 0 spiro atoms. The lowest BCUT2D eigenvalue weighted by molar-refractivity contribution is 0.00263. The first-order chi connectivity index (χ1) is 13.7. The van der Waals surface area contributed by atoms with Gasteiger partial charge in [0.25, 0.3) is 0 Å². The van der Waals surface area contributed by atoms with Crippen LogP contribution in [0.25, 0.3) is 0 Å². The van der Waals surface area contributed by atoms with E-state index in [-0.39, 0.29) is 0 Å². The summed E-state index contributed by atoms with van der Waals surface area (Å²) in [4.78, 5) is 0. The molecule has 1 unspecified atom stereocenters. The molecule has 2 atom stereocenters. The first-order valence-electron chi connectivity index (χ1n) is 9.95. The van der Waals surface area contributed by atoms with Gasteiger partial charge >= 0.3 is 0 Å². The van der Waals surface area contributed by atoms with Gasteiger partial charge in [-0.2, -0.15) is 0 Å². The molecule has 0 saturated carbocycles. The lowest BCUT2D eigenvalue weighted by atomic mass is 9.79. The zero-order chi connectivity index (χ0) is 19.4. The lowest BCUT2D eigenvalue weighted by Crippen LogP contribution is -2.38. The van der Waals surface area contributed by atoms with Crippen LogP contribution >= 0.6 is 11.6 Å². The molecule has 1 fully saturated rings. The standard InChI is InChI=1S/C25H26ClNO/c1-19-13-15-21(16-14-19)25(20-8-3-2-4-9-20,23-11-5-6-12-24(23)26)28-18-22-10-7-17-27-22/h2-6,8-9,11-16,22,27H,7,10,17-18H2,1H3/t22-,25?/m0/s1. The molecule has 1 saturated heterocycles. The highest BCUT2D eigenvalue weighted by Gasteiger charge is 2.39. The maximum Gasteiger partial charge on any atom is 0.145 e. The van der Waals surface area contributed by atoms with Crippen molar-refractivity contribution in [1.29, 1.82) is 0 Å². The normalized spacial score (nSPS) is 18.7. The highest BCUT2D eigenvalue weighted by Crippen LogP contribution is 2.43. The number of nitrogens with one attached hydrogen (secondary N) is 1. The van der Waals surface area contributed by atoms with Crippen molar-refractivity contribution >= 4 is 11.6 Å². The second-order valence-electron chi connectivity index (χ2n) is 7.50. The minimum absolute atomic E-state index is 0.371. The van der Waals surface area contributed by atoms with Crippen LogP contribution in [-0.2, 0) is 10.3 Å². The van der Waals surface area contributed by atoms with Gasteiger partial charge < -0.3 is 10.1 Å². The topological polar surface area (TPSA) is 21.3 Å². The maximum atomic E-state index is 6.85. The molecule has 144 valence electrons. The molecule has 2 nitrogen and oxygen atoms in total. The van der Waals surface area contributed by atoms with E-state index in [0.717, 1.165) is 29.7 Å². The summed E-state index contributed by atoms with van der Waals surface area (Å²) in [6, 6.07) is 27.4. The van der Waals surface area contributed by atoms with Crippen LogP contribution in [0.15, 0.2) is 78.9 Å². The van der Waals surface area contributed by atoms with Gasteiger partial charge in [0, 0.05) is 16.6 Å². The molecule has 1 N–H and O–H groups in total. The van der Waals surface area contributed by atoms with E-state index in [1.807, 2.05) is 24.3 Å².